The molecule has 4 aromatic rings. The molecule has 3 N–H and O–H groups in total. The highest BCUT2D eigenvalue weighted by Crippen LogP contribution is 2.46. The Morgan fingerprint density at radius 2 is 1.57 bits per heavy atom. The van der Waals surface area contributed by atoms with Crippen LogP contribution in [0, 0.1) is 11.3 Å². The van der Waals surface area contributed by atoms with Crippen molar-refractivity contribution in [3.63, 3.8) is 0 Å². The number of piperidine rings is 1. The first-order valence-corrected chi connectivity index (χ1v) is 19.9. The van der Waals surface area contributed by atoms with E-state index in [0.717, 1.165) is 25.2 Å². The minimum atomic E-state index is -0.647. The zero-order chi connectivity index (χ0) is 39.3. The summed E-state index contributed by atoms with van der Waals surface area (Å²) in [7, 11) is 3.91. The number of nitrogens with zero attached hydrogens (tertiary/aromatic N) is 2. The summed E-state index contributed by atoms with van der Waals surface area (Å²) in [4.78, 5) is 38.4. The van der Waals surface area contributed by atoms with Gasteiger partial charge in [0, 0.05) is 62.9 Å². The Bertz CT molecular complexity index is 1930. The number of ether oxygens (including phenoxy) is 2. The van der Waals surface area contributed by atoms with E-state index in [0.29, 0.717) is 41.5 Å². The molecule has 2 saturated heterocycles. The minimum Gasteiger partial charge on any atom is -0.494 e. The number of carbonyl (C=O) groups excluding carboxylic acids is 3. The van der Waals surface area contributed by atoms with Gasteiger partial charge in [-0.25, -0.2) is 0 Å². The van der Waals surface area contributed by atoms with Crippen molar-refractivity contribution in [2.45, 2.75) is 50.4 Å². The average Bonchev–Trinajstić information content (AvgIpc) is 3.23. The molecule has 2 amide bonds. The number of amides is 2. The molecule has 2 heterocycles. The van der Waals surface area contributed by atoms with Crippen LogP contribution in [-0.4, -0.2) is 93.6 Å². The topological polar surface area (TPSA) is 124 Å². The number of unbranched alkanes of at least 4 members (excludes halogenated alkanes) is 1. The van der Waals surface area contributed by atoms with Gasteiger partial charge in [-0.1, -0.05) is 66.7 Å². The van der Waals surface area contributed by atoms with E-state index in [1.165, 1.54) is 67.8 Å². The van der Waals surface area contributed by atoms with E-state index >= 15 is 0 Å². The van der Waals surface area contributed by atoms with E-state index in [2.05, 4.69) is 106 Å². The maximum Gasteiger partial charge on any atom is 0.235 e. The van der Waals surface area contributed by atoms with Crippen LogP contribution in [0.5, 0.6) is 11.5 Å². The zero-order valence-electron chi connectivity index (χ0n) is 32.7. The Balaban J connectivity index is 0.000000209. The molecular formula is C46H55N5O5. The number of nitrogens with one attached hydrogen (secondary N) is 3. The molecular weight excluding hydrogens is 703 g/mol. The molecule has 3 atom stereocenters. The van der Waals surface area contributed by atoms with E-state index in [4.69, 9.17) is 14.9 Å². The Kier molecular flexibility index (Phi) is 14.4. The molecule has 56 heavy (non-hydrogen) atoms. The van der Waals surface area contributed by atoms with Crippen LogP contribution in [-0.2, 0) is 20.8 Å². The SMILES string of the molecule is CN1CCN(CCCCOc2ccc(C3c4ccccc4CCC3c3ccccc3)cc2)CC1.CNc1cc(OCC=O)ccc1C(=N)C1CCC(=O)NC1=O. The number of aryl methyl sites for hydroxylation is 1. The van der Waals surface area contributed by atoms with Gasteiger partial charge in [0.2, 0.25) is 11.8 Å². The number of anilines is 1. The summed E-state index contributed by atoms with van der Waals surface area (Å²) < 4.78 is 11.3. The first kappa shape index (κ1) is 40.3. The molecule has 294 valence electrons. The number of piperazine rings is 1. The number of hydrogen-bond donors (Lipinski definition) is 3. The Labute approximate surface area is 331 Å². The van der Waals surface area contributed by atoms with Gasteiger partial charge in [-0.3, -0.25) is 19.7 Å². The Morgan fingerprint density at radius 3 is 2.30 bits per heavy atom. The molecule has 2 fully saturated rings. The maximum atomic E-state index is 11.9. The predicted molar refractivity (Wildman–Crippen MR) is 221 cm³/mol. The van der Waals surface area contributed by atoms with Gasteiger partial charge < -0.3 is 30.0 Å². The monoisotopic (exact) mass is 757 g/mol. The van der Waals surface area contributed by atoms with Crippen molar-refractivity contribution >= 4 is 29.5 Å². The standard InChI is InChI=1S/C31H38N2O.C15H17N3O4/c1-32-20-22-33(23-21-32)19-7-8-24-34-28-16-13-27(14-17-28)31-29-12-6-5-11-26(29)15-18-30(31)25-9-3-2-4-10-25;1-17-12-8-9(22-7-6-19)2-3-10(12)14(16)11-4-5-13(20)18-15(11)21/h2-6,9-14,16-17,30-31H,7-8,15,18-24H2,1H3;2-3,6,8,11,16-17H,4-5,7H2,1H3,(H,18,20,21). The van der Waals surface area contributed by atoms with Crippen LogP contribution >= 0.6 is 0 Å². The molecule has 7 rings (SSSR count). The second-order valence-electron chi connectivity index (χ2n) is 14.9. The fourth-order valence-electron chi connectivity index (χ4n) is 8.04. The van der Waals surface area contributed by atoms with Gasteiger partial charge in [0.15, 0.2) is 6.29 Å². The lowest BCUT2D eigenvalue weighted by Gasteiger charge is -2.34. The summed E-state index contributed by atoms with van der Waals surface area (Å²) in [5, 5.41) is 13.5. The van der Waals surface area contributed by atoms with E-state index < -0.39 is 11.8 Å². The predicted octanol–water partition coefficient (Wildman–Crippen LogP) is 6.68. The van der Waals surface area contributed by atoms with Crippen molar-refractivity contribution in [1.29, 1.82) is 5.41 Å². The molecule has 3 aliphatic rings. The van der Waals surface area contributed by atoms with Crippen LogP contribution in [0.3, 0.4) is 0 Å². The molecule has 0 bridgehead atoms. The smallest absolute Gasteiger partial charge is 0.235 e. The molecule has 3 unspecified atom stereocenters. The van der Waals surface area contributed by atoms with Crippen LogP contribution in [0.25, 0.3) is 0 Å². The number of imide groups is 1. The lowest BCUT2D eigenvalue weighted by atomic mass is 9.69. The third kappa shape index (κ3) is 10.5. The maximum absolute atomic E-state index is 11.9. The van der Waals surface area contributed by atoms with Crippen molar-refractivity contribution in [2.24, 2.45) is 5.92 Å². The molecule has 0 radical (unpaired) electrons. The first-order valence-electron chi connectivity index (χ1n) is 19.9. The number of carbonyl (C=O) groups is 3. The number of fused-ring (bicyclic) bond motifs is 1. The Hall–Kier alpha value is -5.32. The molecule has 0 spiro atoms. The zero-order valence-corrected chi connectivity index (χ0v) is 32.7. The average molecular weight is 758 g/mol. The van der Waals surface area contributed by atoms with E-state index in [9.17, 15) is 14.4 Å². The van der Waals surface area contributed by atoms with Crippen LogP contribution in [0.1, 0.15) is 71.8 Å². The van der Waals surface area contributed by atoms with Gasteiger partial charge in [-0.05, 0) is 98.1 Å². The van der Waals surface area contributed by atoms with Gasteiger partial charge in [0.25, 0.3) is 0 Å². The number of hydrogen-bond acceptors (Lipinski definition) is 9. The number of benzene rings is 4. The van der Waals surface area contributed by atoms with Gasteiger partial charge >= 0.3 is 0 Å². The first-order chi connectivity index (χ1) is 27.3. The summed E-state index contributed by atoms with van der Waals surface area (Å²) in [6.45, 7) is 6.73. The lowest BCUT2D eigenvalue weighted by molar-refractivity contribution is -0.134. The van der Waals surface area contributed by atoms with Crippen LogP contribution < -0.4 is 20.1 Å². The largest absolute Gasteiger partial charge is 0.494 e. The molecule has 4 aromatic carbocycles. The second kappa shape index (κ2) is 20.0. The Morgan fingerprint density at radius 1 is 0.839 bits per heavy atom. The van der Waals surface area contributed by atoms with Gasteiger partial charge in [-0.2, -0.15) is 0 Å². The molecule has 10 nitrogen and oxygen atoms in total. The number of likely N-dealkylation sites (N-methyl/N-ethyl adjacent to an activating group) is 1. The third-order valence-corrected chi connectivity index (χ3v) is 11.2. The van der Waals surface area contributed by atoms with Crippen LogP contribution in [0.2, 0.25) is 0 Å². The van der Waals surface area contributed by atoms with E-state index in [1.54, 1.807) is 25.2 Å². The molecule has 2 aliphatic heterocycles. The van der Waals surface area contributed by atoms with Crippen LogP contribution in [0.15, 0.2) is 97.1 Å². The van der Waals surface area contributed by atoms with Crippen molar-refractivity contribution in [3.05, 3.63) is 125 Å². The minimum absolute atomic E-state index is 0.0485. The quantitative estimate of drug-likeness (QED) is 0.0564. The van der Waals surface area contributed by atoms with Crippen molar-refractivity contribution < 1.29 is 23.9 Å². The highest BCUT2D eigenvalue weighted by molar-refractivity contribution is 6.17. The second-order valence-corrected chi connectivity index (χ2v) is 14.9. The normalized spacial score (nSPS) is 19.8. The summed E-state index contributed by atoms with van der Waals surface area (Å²) in [6.07, 6.45) is 5.88. The molecule has 0 saturated carbocycles. The highest BCUT2D eigenvalue weighted by Gasteiger charge is 2.33. The molecule has 10 heteroatoms. The summed E-state index contributed by atoms with van der Waals surface area (Å²) >= 11 is 0. The fraction of sp³-hybridized carbons (Fsp3) is 0.391. The van der Waals surface area contributed by atoms with Crippen molar-refractivity contribution in [1.82, 2.24) is 15.1 Å². The van der Waals surface area contributed by atoms with Crippen molar-refractivity contribution in [2.75, 3.05) is 65.3 Å². The lowest BCUT2D eigenvalue weighted by Crippen LogP contribution is -2.44. The number of rotatable bonds is 14. The third-order valence-electron chi connectivity index (χ3n) is 11.2. The summed E-state index contributed by atoms with van der Waals surface area (Å²) in [5.74, 6) is 0.999. The fourth-order valence-corrected chi connectivity index (χ4v) is 8.04. The van der Waals surface area contributed by atoms with Gasteiger partial charge in [-0.15, -0.1) is 0 Å². The highest BCUT2D eigenvalue weighted by atomic mass is 16.5. The molecule has 0 aromatic heterocycles. The summed E-state index contributed by atoms with van der Waals surface area (Å²) in [6, 6.07) is 34.0. The number of aldehydes is 1. The molecule has 1 aliphatic carbocycles. The van der Waals surface area contributed by atoms with Gasteiger partial charge in [0.05, 0.1) is 18.2 Å². The van der Waals surface area contributed by atoms with E-state index in [-0.39, 0.29) is 24.6 Å². The van der Waals surface area contributed by atoms with Crippen molar-refractivity contribution in [3.8, 4) is 11.5 Å². The van der Waals surface area contributed by atoms with Crippen LogP contribution in [0.4, 0.5) is 5.69 Å². The van der Waals surface area contributed by atoms with E-state index in [1.807, 2.05) is 0 Å². The summed E-state index contributed by atoms with van der Waals surface area (Å²) in [5.41, 5.74) is 7.16. The van der Waals surface area contributed by atoms with Gasteiger partial charge in [0.1, 0.15) is 18.1 Å².